The molecule has 0 aliphatic rings. The molecule has 0 saturated heterocycles. The van der Waals surface area contributed by atoms with Crippen molar-refractivity contribution in [3.8, 4) is 11.3 Å². The Morgan fingerprint density at radius 1 is 0.926 bits per heavy atom. The molecule has 4 heterocycles. The summed E-state index contributed by atoms with van der Waals surface area (Å²) in [6, 6.07) is 15.8. The number of hydrogen-bond donors (Lipinski definition) is 0. The molecule has 0 saturated carbocycles. The Balaban J connectivity index is 1.48. The number of aromatic nitrogens is 5. The zero-order valence-corrected chi connectivity index (χ0v) is 14.4. The van der Waals surface area contributed by atoms with Gasteiger partial charge in [-0.15, -0.1) is 0 Å². The Bertz CT molecular complexity index is 1320. The van der Waals surface area contributed by atoms with Gasteiger partial charge in [0.1, 0.15) is 5.65 Å². The first-order valence-corrected chi connectivity index (χ1v) is 8.60. The van der Waals surface area contributed by atoms with E-state index in [0.717, 1.165) is 22.5 Å². The highest BCUT2D eigenvalue weighted by molar-refractivity contribution is 5.75. The number of pyridine rings is 2. The molecule has 130 valence electrons. The Kier molecular flexibility index (Phi) is 3.53. The second kappa shape index (κ2) is 6.17. The molecule has 0 atom stereocenters. The molecule has 0 radical (unpaired) electrons. The van der Waals surface area contributed by atoms with Crippen LogP contribution in [0.3, 0.4) is 0 Å². The molecule has 0 aliphatic heterocycles. The van der Waals surface area contributed by atoms with Crippen molar-refractivity contribution in [2.24, 2.45) is 0 Å². The van der Waals surface area contributed by atoms with E-state index in [4.69, 9.17) is 0 Å². The van der Waals surface area contributed by atoms with Crippen LogP contribution in [-0.2, 0) is 6.54 Å². The fraction of sp³-hybridized carbons (Fsp3) is 0.0476. The van der Waals surface area contributed by atoms with Crippen LogP contribution in [0.15, 0.2) is 84.4 Å². The molecule has 27 heavy (non-hydrogen) atoms. The summed E-state index contributed by atoms with van der Waals surface area (Å²) in [5.74, 6) is 0. The van der Waals surface area contributed by atoms with Gasteiger partial charge >= 0.3 is 0 Å². The minimum atomic E-state index is -0.0618. The van der Waals surface area contributed by atoms with Crippen molar-refractivity contribution < 1.29 is 0 Å². The summed E-state index contributed by atoms with van der Waals surface area (Å²) in [5.41, 5.74) is 4.61. The number of imidazole rings is 1. The molecular weight excluding hydrogens is 338 g/mol. The molecule has 0 aliphatic carbocycles. The SMILES string of the molecule is O=c1c2ccncc2ncn1Cc1ccc(-c2cnc3ccccn23)cc1. The van der Waals surface area contributed by atoms with E-state index in [0.29, 0.717) is 17.4 Å². The van der Waals surface area contributed by atoms with Crippen LogP contribution in [0.1, 0.15) is 5.56 Å². The lowest BCUT2D eigenvalue weighted by Gasteiger charge is -2.08. The van der Waals surface area contributed by atoms with Crippen LogP contribution in [0.25, 0.3) is 27.8 Å². The number of benzene rings is 1. The lowest BCUT2D eigenvalue weighted by molar-refractivity contribution is 0.748. The molecule has 0 spiro atoms. The molecule has 4 aromatic heterocycles. The predicted octanol–water partition coefficient (Wildman–Crippen LogP) is 3.15. The van der Waals surface area contributed by atoms with Gasteiger partial charge in [-0.2, -0.15) is 0 Å². The average molecular weight is 353 g/mol. The van der Waals surface area contributed by atoms with Gasteiger partial charge in [0.2, 0.25) is 0 Å². The zero-order valence-electron chi connectivity index (χ0n) is 14.4. The van der Waals surface area contributed by atoms with Gasteiger partial charge in [-0.1, -0.05) is 30.3 Å². The Morgan fingerprint density at radius 3 is 2.70 bits per heavy atom. The third-order valence-electron chi connectivity index (χ3n) is 4.65. The van der Waals surface area contributed by atoms with Crippen LogP contribution in [0.4, 0.5) is 0 Å². The van der Waals surface area contributed by atoms with Crippen molar-refractivity contribution >= 4 is 16.6 Å². The molecule has 5 rings (SSSR count). The van der Waals surface area contributed by atoms with E-state index >= 15 is 0 Å². The van der Waals surface area contributed by atoms with Crippen LogP contribution in [0.5, 0.6) is 0 Å². The first-order valence-electron chi connectivity index (χ1n) is 8.60. The van der Waals surface area contributed by atoms with Gasteiger partial charge in [-0.3, -0.25) is 18.7 Å². The maximum atomic E-state index is 12.6. The van der Waals surface area contributed by atoms with Crippen molar-refractivity contribution in [1.82, 2.24) is 23.9 Å². The van der Waals surface area contributed by atoms with Gasteiger partial charge in [0, 0.05) is 18.0 Å². The minimum Gasteiger partial charge on any atom is -0.300 e. The quantitative estimate of drug-likeness (QED) is 0.500. The van der Waals surface area contributed by atoms with Gasteiger partial charge in [-0.05, 0) is 23.8 Å². The number of hydrogen-bond acceptors (Lipinski definition) is 4. The van der Waals surface area contributed by atoms with Crippen LogP contribution in [0, 0.1) is 0 Å². The van der Waals surface area contributed by atoms with E-state index in [-0.39, 0.29) is 5.56 Å². The number of rotatable bonds is 3. The predicted molar refractivity (Wildman–Crippen MR) is 104 cm³/mol. The summed E-state index contributed by atoms with van der Waals surface area (Å²) in [6.07, 6.45) is 8.66. The van der Waals surface area contributed by atoms with Gasteiger partial charge < -0.3 is 0 Å². The van der Waals surface area contributed by atoms with E-state index in [2.05, 4.69) is 31.5 Å². The van der Waals surface area contributed by atoms with Crippen LogP contribution in [0.2, 0.25) is 0 Å². The first-order chi connectivity index (χ1) is 13.3. The highest BCUT2D eigenvalue weighted by Gasteiger charge is 2.07. The van der Waals surface area contributed by atoms with E-state index in [1.54, 1.807) is 29.4 Å². The van der Waals surface area contributed by atoms with Crippen LogP contribution in [-0.4, -0.2) is 23.9 Å². The molecule has 0 unspecified atom stereocenters. The van der Waals surface area contributed by atoms with Gasteiger partial charge in [-0.25, -0.2) is 9.97 Å². The summed E-state index contributed by atoms with van der Waals surface area (Å²) in [6.45, 7) is 0.470. The second-order valence-corrected chi connectivity index (χ2v) is 6.34. The topological polar surface area (TPSA) is 65.1 Å². The van der Waals surface area contributed by atoms with E-state index < -0.39 is 0 Å². The fourth-order valence-corrected chi connectivity index (χ4v) is 3.25. The lowest BCUT2D eigenvalue weighted by Crippen LogP contribution is -2.21. The largest absolute Gasteiger partial charge is 0.300 e. The fourth-order valence-electron chi connectivity index (χ4n) is 3.25. The zero-order chi connectivity index (χ0) is 18.2. The highest BCUT2D eigenvalue weighted by atomic mass is 16.1. The second-order valence-electron chi connectivity index (χ2n) is 6.34. The third kappa shape index (κ3) is 2.67. The standard InChI is InChI=1S/C21H15N5O/c27-21-17-8-9-22-11-18(17)24-14-25(21)13-15-4-6-16(7-5-15)19-12-23-20-3-1-2-10-26(19)20/h1-12,14H,13H2. The molecule has 6 heteroatoms. The average Bonchev–Trinajstić information content (AvgIpc) is 3.15. The number of fused-ring (bicyclic) bond motifs is 2. The molecule has 0 bridgehead atoms. The maximum absolute atomic E-state index is 12.6. The van der Waals surface area contributed by atoms with Crippen molar-refractivity contribution in [3.05, 3.63) is 95.6 Å². The molecule has 0 amide bonds. The van der Waals surface area contributed by atoms with Crippen molar-refractivity contribution in [1.29, 1.82) is 0 Å². The third-order valence-corrected chi connectivity index (χ3v) is 4.65. The van der Waals surface area contributed by atoms with E-state index in [1.165, 1.54) is 0 Å². The minimum absolute atomic E-state index is 0.0618. The number of nitrogens with zero attached hydrogens (tertiary/aromatic N) is 5. The molecular formula is C21H15N5O. The summed E-state index contributed by atoms with van der Waals surface area (Å²) >= 11 is 0. The van der Waals surface area contributed by atoms with Crippen molar-refractivity contribution in [2.45, 2.75) is 6.54 Å². The van der Waals surface area contributed by atoms with Gasteiger partial charge in [0.05, 0.1) is 41.9 Å². The molecule has 1 aromatic carbocycles. The van der Waals surface area contributed by atoms with E-state index in [9.17, 15) is 4.79 Å². The molecule has 0 fully saturated rings. The normalized spacial score (nSPS) is 11.3. The maximum Gasteiger partial charge on any atom is 0.261 e. The molecule has 5 aromatic rings. The van der Waals surface area contributed by atoms with Crippen molar-refractivity contribution in [2.75, 3.05) is 0 Å². The summed E-state index contributed by atoms with van der Waals surface area (Å²) in [4.78, 5) is 25.4. The lowest BCUT2D eigenvalue weighted by atomic mass is 10.1. The van der Waals surface area contributed by atoms with Crippen LogP contribution < -0.4 is 5.56 Å². The molecule has 6 nitrogen and oxygen atoms in total. The monoisotopic (exact) mass is 353 g/mol. The van der Waals surface area contributed by atoms with Crippen LogP contribution >= 0.6 is 0 Å². The Morgan fingerprint density at radius 2 is 1.81 bits per heavy atom. The first kappa shape index (κ1) is 15.5. The summed E-state index contributed by atoms with van der Waals surface area (Å²) in [5, 5.41) is 0.579. The molecule has 0 N–H and O–H groups in total. The van der Waals surface area contributed by atoms with Crippen molar-refractivity contribution in [3.63, 3.8) is 0 Å². The van der Waals surface area contributed by atoms with E-state index in [1.807, 2.05) is 42.7 Å². The summed E-state index contributed by atoms with van der Waals surface area (Å²) < 4.78 is 3.67. The van der Waals surface area contributed by atoms with Gasteiger partial charge in [0.25, 0.3) is 5.56 Å². The highest BCUT2D eigenvalue weighted by Crippen LogP contribution is 2.21. The summed E-state index contributed by atoms with van der Waals surface area (Å²) in [7, 11) is 0. The smallest absolute Gasteiger partial charge is 0.261 e. The Labute approximate surface area is 154 Å². The van der Waals surface area contributed by atoms with Gasteiger partial charge in [0.15, 0.2) is 0 Å². The Hall–Kier alpha value is -3.80.